The van der Waals surface area contributed by atoms with E-state index < -0.39 is 76.8 Å². The molecule has 0 saturated carbocycles. The number of amides is 4. The predicted octanol–water partition coefficient (Wildman–Crippen LogP) is 1.36. The number of aromatic hydroxyl groups is 6. The van der Waals surface area contributed by atoms with Crippen molar-refractivity contribution in [3.05, 3.63) is 71.3 Å². The van der Waals surface area contributed by atoms with Crippen molar-refractivity contribution >= 4 is 36.8 Å². The maximum atomic E-state index is 13.2. The van der Waals surface area contributed by atoms with Gasteiger partial charge in [-0.25, -0.2) is 0 Å². The van der Waals surface area contributed by atoms with E-state index in [-0.39, 0.29) is 87.7 Å². The quantitative estimate of drug-likeness (QED) is 0.0448. The van der Waals surface area contributed by atoms with E-state index in [1.54, 1.807) is 0 Å². The van der Waals surface area contributed by atoms with Gasteiger partial charge in [-0.15, -0.1) is 0 Å². The number of phenolic OH excluding ortho intramolecular Hbond substituents is 6. The Morgan fingerprint density at radius 3 is 1.21 bits per heavy atom. The number of nitrogens with one attached hydrogen (secondary N) is 4. The summed E-state index contributed by atoms with van der Waals surface area (Å²) in [5.74, 6) is -5.60. The van der Waals surface area contributed by atoms with E-state index in [1.807, 2.05) is 0 Å². The summed E-state index contributed by atoms with van der Waals surface area (Å²) in [4.78, 5) is 63.1. The summed E-state index contributed by atoms with van der Waals surface area (Å²) in [5, 5.41) is 79.6. The van der Waals surface area contributed by atoms with Crippen LogP contribution in [0.2, 0.25) is 0 Å². The largest absolute Gasteiger partial charge is 0.504 e. The Morgan fingerprint density at radius 2 is 0.885 bits per heavy atom. The molecule has 278 valence electrons. The van der Waals surface area contributed by atoms with E-state index in [0.717, 1.165) is 0 Å². The molecule has 4 amide bonds. The molecule has 0 fully saturated rings. The van der Waals surface area contributed by atoms with Gasteiger partial charge in [0.15, 0.2) is 34.5 Å². The average molecular weight is 723 g/mol. The molecule has 0 radical (unpaired) electrons. The van der Waals surface area contributed by atoms with Crippen LogP contribution in [0, 0.1) is 0 Å². The second-order valence-corrected chi connectivity index (χ2v) is 12.1. The lowest BCUT2D eigenvalue weighted by atomic mass is 9.83. The molecule has 0 aromatic heterocycles. The minimum Gasteiger partial charge on any atom is -0.504 e. The van der Waals surface area contributed by atoms with Gasteiger partial charge >= 0.3 is 7.48 Å². The number of carbonyl (C=O) groups is 5. The van der Waals surface area contributed by atoms with Crippen LogP contribution in [-0.4, -0.2) is 97.6 Å². The summed E-state index contributed by atoms with van der Waals surface area (Å²) in [6.45, 7) is 0.237. The predicted molar refractivity (Wildman–Crippen MR) is 188 cm³/mol. The minimum atomic E-state index is -1.02. The molecular formula is C35H43BN4O12. The normalized spacial score (nSPS) is 10.9. The molecule has 52 heavy (non-hydrogen) atoms. The zero-order chi connectivity index (χ0) is 38.3. The third-order valence-corrected chi connectivity index (χ3v) is 8.34. The third kappa shape index (κ3) is 11.5. The van der Waals surface area contributed by atoms with Crippen LogP contribution >= 0.6 is 0 Å². The Hall–Kier alpha value is -5.97. The number of benzene rings is 3. The zero-order valence-corrected chi connectivity index (χ0v) is 28.4. The van der Waals surface area contributed by atoms with Gasteiger partial charge in [-0.3, -0.25) is 19.2 Å². The van der Waals surface area contributed by atoms with Gasteiger partial charge in [0.05, 0.1) is 16.7 Å². The molecule has 3 aromatic carbocycles. The van der Waals surface area contributed by atoms with Crippen LogP contribution in [0.15, 0.2) is 54.6 Å². The van der Waals surface area contributed by atoms with Gasteiger partial charge < -0.3 is 61.7 Å². The van der Waals surface area contributed by atoms with Crippen molar-refractivity contribution in [2.24, 2.45) is 0 Å². The van der Waals surface area contributed by atoms with Crippen molar-refractivity contribution in [2.45, 2.75) is 56.9 Å². The van der Waals surface area contributed by atoms with Crippen LogP contribution in [0.5, 0.6) is 34.5 Å². The summed E-state index contributed by atoms with van der Waals surface area (Å²) in [5.41, 5.74) is -1.98. The Morgan fingerprint density at radius 1 is 0.538 bits per heavy atom. The summed E-state index contributed by atoms with van der Waals surface area (Å²) in [7, 11) is -0.726. The molecule has 0 aliphatic carbocycles. The fourth-order valence-electron chi connectivity index (χ4n) is 5.57. The number of rotatable bonds is 20. The van der Waals surface area contributed by atoms with Crippen molar-refractivity contribution in [1.29, 1.82) is 0 Å². The monoisotopic (exact) mass is 722 g/mol. The van der Waals surface area contributed by atoms with E-state index in [4.69, 9.17) is 5.02 Å². The van der Waals surface area contributed by atoms with Crippen LogP contribution in [-0.2, 0) is 9.59 Å². The number of hydrogen-bond donors (Lipinski definition) is 11. The fraction of sp³-hybridized carbons (Fsp3) is 0.343. The lowest BCUT2D eigenvalue weighted by Crippen LogP contribution is -2.50. The highest BCUT2D eigenvalue weighted by Crippen LogP contribution is 2.31. The van der Waals surface area contributed by atoms with Crippen LogP contribution in [0.4, 0.5) is 0 Å². The van der Waals surface area contributed by atoms with E-state index >= 15 is 0 Å². The second-order valence-electron chi connectivity index (χ2n) is 12.1. The maximum absolute atomic E-state index is 13.2. The molecule has 16 nitrogen and oxygen atoms in total. The van der Waals surface area contributed by atoms with E-state index in [0.29, 0.717) is 0 Å². The van der Waals surface area contributed by atoms with Crippen molar-refractivity contribution in [3.63, 3.8) is 0 Å². The SMILES string of the molecule is O=C(BO)CCC(=O)NC(CCCNC(=O)c1cccc(O)c1O)(CCCNC(=O)c1cccc(O)c1O)CCCNC(=O)c1cccc(O)c1O. The summed E-state index contributed by atoms with van der Waals surface area (Å²) in [6, 6.07) is 11.9. The first-order valence-corrected chi connectivity index (χ1v) is 16.6. The Labute approximate surface area is 299 Å². The summed E-state index contributed by atoms with van der Waals surface area (Å²) < 4.78 is 0. The van der Waals surface area contributed by atoms with E-state index in [2.05, 4.69) is 21.3 Å². The molecule has 0 bridgehead atoms. The molecule has 0 saturated heterocycles. The number of para-hydroxylation sites is 3. The van der Waals surface area contributed by atoms with E-state index in [1.165, 1.54) is 54.6 Å². The lowest BCUT2D eigenvalue weighted by Gasteiger charge is -2.36. The zero-order valence-electron chi connectivity index (χ0n) is 28.4. The van der Waals surface area contributed by atoms with Gasteiger partial charge in [-0.2, -0.15) is 0 Å². The smallest absolute Gasteiger partial charge is 0.348 e. The molecule has 17 heteroatoms. The minimum absolute atomic E-state index is 0.0789. The van der Waals surface area contributed by atoms with Crippen LogP contribution in [0.25, 0.3) is 0 Å². The van der Waals surface area contributed by atoms with Crippen LogP contribution < -0.4 is 21.3 Å². The molecule has 3 rings (SSSR count). The average Bonchev–Trinajstić information content (AvgIpc) is 3.12. The molecule has 11 N–H and O–H groups in total. The molecule has 0 aliphatic rings. The Balaban J connectivity index is 1.76. The van der Waals surface area contributed by atoms with Crippen LogP contribution in [0.3, 0.4) is 0 Å². The molecule has 3 aromatic rings. The van der Waals surface area contributed by atoms with Crippen molar-refractivity contribution in [3.8, 4) is 34.5 Å². The third-order valence-electron chi connectivity index (χ3n) is 8.34. The second kappa shape index (κ2) is 19.4. The molecule has 0 spiro atoms. The maximum Gasteiger partial charge on any atom is 0.348 e. The molecule has 0 unspecified atom stereocenters. The first-order chi connectivity index (χ1) is 24.8. The van der Waals surface area contributed by atoms with Gasteiger partial charge in [0.25, 0.3) is 17.7 Å². The Kier molecular flexibility index (Phi) is 15.1. The van der Waals surface area contributed by atoms with Crippen LogP contribution in [0.1, 0.15) is 82.4 Å². The molecule has 0 atom stereocenters. The molecule has 0 heterocycles. The highest BCUT2D eigenvalue weighted by Gasteiger charge is 2.31. The van der Waals surface area contributed by atoms with Crippen molar-refractivity contribution in [2.75, 3.05) is 19.6 Å². The summed E-state index contributed by atoms with van der Waals surface area (Å²) >= 11 is 0. The first kappa shape index (κ1) is 40.5. The topological polar surface area (TPSA) is 275 Å². The summed E-state index contributed by atoms with van der Waals surface area (Å²) in [6.07, 6.45) is 1.17. The standard InChI is InChI=1S/C35H43BN4O12/c41-24-10-1-7-21(29(24)46)32(49)37-18-4-15-35(40-28(45)14-13-27(44)36-52,16-5-19-38-33(50)22-8-2-11-25(42)30(22)47)17-6-20-39-34(51)23-9-3-12-26(43)31(23)48/h1-3,7-12,36,41-43,46-48,52H,4-6,13-20H2,(H,37,49)(H,38,50)(H,39,51)(H,40,45). The highest BCUT2D eigenvalue weighted by molar-refractivity contribution is 6.68. The molecule has 0 aliphatic heterocycles. The Bertz CT molecular complexity index is 1580. The fourth-order valence-corrected chi connectivity index (χ4v) is 5.57. The number of phenols is 6. The first-order valence-electron chi connectivity index (χ1n) is 16.6. The van der Waals surface area contributed by atoms with E-state index in [9.17, 15) is 54.6 Å². The highest BCUT2D eigenvalue weighted by atomic mass is 16.3. The van der Waals surface area contributed by atoms with Gasteiger partial charge in [0.2, 0.25) is 5.91 Å². The van der Waals surface area contributed by atoms with Gasteiger partial charge in [0, 0.05) is 38.0 Å². The van der Waals surface area contributed by atoms with Gasteiger partial charge in [-0.1, -0.05) is 18.2 Å². The van der Waals surface area contributed by atoms with Gasteiger partial charge in [0.1, 0.15) is 5.68 Å². The number of carbonyl (C=O) groups excluding carboxylic acids is 5. The van der Waals surface area contributed by atoms with Crippen molar-refractivity contribution in [1.82, 2.24) is 21.3 Å². The lowest BCUT2D eigenvalue weighted by molar-refractivity contribution is -0.125. The molecular weight excluding hydrogens is 679 g/mol. The van der Waals surface area contributed by atoms with Gasteiger partial charge in [-0.05, 0) is 74.9 Å². The van der Waals surface area contributed by atoms with Crippen molar-refractivity contribution < 1.29 is 59.6 Å². The number of hydrogen-bond acceptors (Lipinski definition) is 12.